The molecular formula is C23H27N3O5S. The second-order valence-electron chi connectivity index (χ2n) is 8.48. The molecule has 0 amide bonds. The van der Waals surface area contributed by atoms with E-state index in [1.807, 2.05) is 45.0 Å². The lowest BCUT2D eigenvalue weighted by Gasteiger charge is -2.18. The number of rotatable bonds is 7. The van der Waals surface area contributed by atoms with Gasteiger partial charge in [0.05, 0.1) is 34.7 Å². The number of fused-ring (bicyclic) bond motifs is 1. The molecule has 0 spiro atoms. The Balaban J connectivity index is 1.62. The third kappa shape index (κ3) is 4.22. The first kappa shape index (κ1) is 22.3. The number of ether oxygens (including phenoxy) is 1. The number of aliphatic carboxylic acids is 1. The Morgan fingerprint density at radius 3 is 2.50 bits per heavy atom. The van der Waals surface area contributed by atoms with Gasteiger partial charge < -0.3 is 9.84 Å². The van der Waals surface area contributed by atoms with Crippen LogP contribution in [0.25, 0.3) is 10.9 Å². The summed E-state index contributed by atoms with van der Waals surface area (Å²) in [5, 5.41) is 14.6. The summed E-state index contributed by atoms with van der Waals surface area (Å²) < 4.78 is 35.5. The highest BCUT2D eigenvalue weighted by atomic mass is 32.2. The second-order valence-corrected chi connectivity index (χ2v) is 10.4. The van der Waals surface area contributed by atoms with E-state index in [-0.39, 0.29) is 35.9 Å². The van der Waals surface area contributed by atoms with Crippen molar-refractivity contribution < 1.29 is 23.1 Å². The van der Waals surface area contributed by atoms with E-state index in [1.54, 1.807) is 28.9 Å². The fraction of sp³-hybridized carbons (Fsp3) is 0.391. The zero-order valence-corrected chi connectivity index (χ0v) is 19.1. The van der Waals surface area contributed by atoms with Gasteiger partial charge in [-0.3, -0.25) is 9.48 Å². The van der Waals surface area contributed by atoms with Gasteiger partial charge in [-0.05, 0) is 50.1 Å². The molecule has 1 saturated heterocycles. The highest BCUT2D eigenvalue weighted by Gasteiger charge is 2.39. The SMILES string of the molecule is CC(C)Oc1ccc(S(=O)(=O)N2C[C@H](C)[C@@H](n3nc(CC(=O)O)c4ccccc43)C2)cc1. The maximum absolute atomic E-state index is 13.3. The lowest BCUT2D eigenvalue weighted by Crippen LogP contribution is -2.29. The average molecular weight is 458 g/mol. The van der Waals surface area contributed by atoms with Crippen molar-refractivity contribution in [1.82, 2.24) is 14.1 Å². The fourth-order valence-corrected chi connectivity index (χ4v) is 5.77. The first-order valence-electron chi connectivity index (χ1n) is 10.6. The monoisotopic (exact) mass is 457 g/mol. The number of aromatic nitrogens is 2. The smallest absolute Gasteiger partial charge is 0.309 e. The van der Waals surface area contributed by atoms with Gasteiger partial charge in [-0.15, -0.1) is 0 Å². The van der Waals surface area contributed by atoms with E-state index in [9.17, 15) is 18.3 Å². The van der Waals surface area contributed by atoms with Crippen LogP contribution in [0.2, 0.25) is 0 Å². The Hall–Kier alpha value is -2.91. The molecule has 9 heteroatoms. The molecule has 3 aromatic rings. The zero-order valence-electron chi connectivity index (χ0n) is 18.3. The van der Waals surface area contributed by atoms with Crippen LogP contribution in [0.15, 0.2) is 53.4 Å². The van der Waals surface area contributed by atoms with Gasteiger partial charge >= 0.3 is 5.97 Å². The molecule has 1 fully saturated rings. The third-order valence-corrected chi connectivity index (χ3v) is 7.54. The number of carboxylic acids is 1. The maximum Gasteiger partial charge on any atom is 0.309 e. The molecule has 0 bridgehead atoms. The predicted octanol–water partition coefficient (Wildman–Crippen LogP) is 3.33. The van der Waals surface area contributed by atoms with E-state index < -0.39 is 16.0 Å². The Morgan fingerprint density at radius 2 is 1.84 bits per heavy atom. The molecule has 1 aliphatic heterocycles. The van der Waals surface area contributed by atoms with Gasteiger partial charge in [0, 0.05) is 18.5 Å². The van der Waals surface area contributed by atoms with Crippen molar-refractivity contribution in [2.24, 2.45) is 5.92 Å². The van der Waals surface area contributed by atoms with Crippen LogP contribution in [-0.2, 0) is 21.2 Å². The highest BCUT2D eigenvalue weighted by Crippen LogP contribution is 2.34. The van der Waals surface area contributed by atoms with Crippen molar-refractivity contribution in [2.45, 2.75) is 44.2 Å². The maximum atomic E-state index is 13.3. The van der Waals surface area contributed by atoms with Crippen molar-refractivity contribution in [1.29, 1.82) is 0 Å². The Labute approximate surface area is 187 Å². The second kappa shape index (κ2) is 8.55. The largest absolute Gasteiger partial charge is 0.491 e. The van der Waals surface area contributed by atoms with Crippen LogP contribution in [0.4, 0.5) is 0 Å². The molecule has 32 heavy (non-hydrogen) atoms. The number of carboxylic acid groups (broad SMARTS) is 1. The Morgan fingerprint density at radius 1 is 1.16 bits per heavy atom. The Bertz CT molecular complexity index is 1230. The summed E-state index contributed by atoms with van der Waals surface area (Å²) in [5.41, 5.74) is 1.30. The number of carbonyl (C=O) groups is 1. The van der Waals surface area contributed by atoms with E-state index in [1.165, 1.54) is 4.31 Å². The topological polar surface area (TPSA) is 102 Å². The van der Waals surface area contributed by atoms with Crippen molar-refractivity contribution >= 4 is 26.9 Å². The molecule has 0 radical (unpaired) electrons. The number of benzene rings is 2. The van der Waals surface area contributed by atoms with Crippen molar-refractivity contribution in [3.8, 4) is 5.75 Å². The molecule has 0 saturated carbocycles. The van der Waals surface area contributed by atoms with Crippen LogP contribution in [0, 0.1) is 5.92 Å². The molecule has 2 atom stereocenters. The van der Waals surface area contributed by atoms with Crippen LogP contribution >= 0.6 is 0 Å². The van der Waals surface area contributed by atoms with Crippen LogP contribution in [0.1, 0.15) is 32.5 Å². The lowest BCUT2D eigenvalue weighted by molar-refractivity contribution is -0.136. The minimum Gasteiger partial charge on any atom is -0.491 e. The number of para-hydroxylation sites is 1. The van der Waals surface area contributed by atoms with E-state index in [0.717, 1.165) is 10.9 Å². The third-order valence-electron chi connectivity index (χ3n) is 5.70. The summed E-state index contributed by atoms with van der Waals surface area (Å²) in [6.45, 7) is 6.45. The van der Waals surface area contributed by atoms with Gasteiger partial charge in [-0.25, -0.2) is 8.42 Å². The summed E-state index contributed by atoms with van der Waals surface area (Å²) in [6.07, 6.45) is -0.172. The van der Waals surface area contributed by atoms with Crippen LogP contribution in [0.5, 0.6) is 5.75 Å². The molecule has 170 valence electrons. The molecule has 1 N–H and O–H groups in total. The van der Waals surface area contributed by atoms with Crippen molar-refractivity contribution in [3.63, 3.8) is 0 Å². The van der Waals surface area contributed by atoms with Gasteiger partial charge in [-0.1, -0.05) is 25.1 Å². The standard InChI is InChI=1S/C23H27N3O5S/c1-15(2)31-17-8-10-18(11-9-17)32(29,30)25-13-16(3)22(14-25)26-21-7-5-4-6-19(21)20(24-26)12-23(27)28/h4-11,15-16,22H,12-14H2,1-3H3,(H,27,28)/t16-,22-/m0/s1. The first-order chi connectivity index (χ1) is 15.2. The molecule has 1 aromatic heterocycles. The summed E-state index contributed by atoms with van der Waals surface area (Å²) in [4.78, 5) is 11.5. The van der Waals surface area contributed by atoms with E-state index >= 15 is 0 Å². The molecule has 0 unspecified atom stereocenters. The lowest BCUT2D eigenvalue weighted by atomic mass is 10.1. The molecular weight excluding hydrogens is 430 g/mol. The van der Waals surface area contributed by atoms with Crippen molar-refractivity contribution in [2.75, 3.05) is 13.1 Å². The fourth-order valence-electron chi connectivity index (χ4n) is 4.21. The average Bonchev–Trinajstić information content (AvgIpc) is 3.29. The van der Waals surface area contributed by atoms with E-state index in [2.05, 4.69) is 5.10 Å². The molecule has 1 aliphatic rings. The van der Waals surface area contributed by atoms with Gasteiger partial charge in [0.1, 0.15) is 5.75 Å². The molecule has 2 aromatic carbocycles. The summed E-state index contributed by atoms with van der Waals surface area (Å²) in [5.74, 6) is -0.316. The number of sulfonamides is 1. The van der Waals surface area contributed by atoms with Gasteiger partial charge in [0.15, 0.2) is 0 Å². The van der Waals surface area contributed by atoms with E-state index in [0.29, 0.717) is 18.0 Å². The van der Waals surface area contributed by atoms with Crippen LogP contribution in [0.3, 0.4) is 0 Å². The number of nitrogens with zero attached hydrogens (tertiary/aromatic N) is 3. The Kier molecular flexibility index (Phi) is 5.96. The summed E-state index contributed by atoms with van der Waals surface area (Å²) in [6, 6.07) is 13.8. The normalized spacial score (nSPS) is 19.6. The molecule has 0 aliphatic carbocycles. The molecule has 2 heterocycles. The van der Waals surface area contributed by atoms with Crippen LogP contribution < -0.4 is 4.74 Å². The number of hydrogen-bond acceptors (Lipinski definition) is 5. The quantitative estimate of drug-likeness (QED) is 0.584. The zero-order chi connectivity index (χ0) is 23.0. The van der Waals surface area contributed by atoms with E-state index in [4.69, 9.17) is 4.74 Å². The first-order valence-corrected chi connectivity index (χ1v) is 12.1. The van der Waals surface area contributed by atoms with Crippen molar-refractivity contribution in [3.05, 3.63) is 54.2 Å². The molecule has 8 nitrogen and oxygen atoms in total. The van der Waals surface area contributed by atoms with Gasteiger partial charge in [-0.2, -0.15) is 9.40 Å². The summed E-state index contributed by atoms with van der Waals surface area (Å²) >= 11 is 0. The minimum absolute atomic E-state index is 0.00700. The van der Waals surface area contributed by atoms with Crippen LogP contribution in [-0.4, -0.2) is 52.8 Å². The predicted molar refractivity (Wildman–Crippen MR) is 120 cm³/mol. The van der Waals surface area contributed by atoms with Gasteiger partial charge in [0.25, 0.3) is 0 Å². The van der Waals surface area contributed by atoms with Gasteiger partial charge in [0.2, 0.25) is 10.0 Å². The molecule has 4 rings (SSSR count). The minimum atomic E-state index is -3.68. The number of hydrogen-bond donors (Lipinski definition) is 1. The summed E-state index contributed by atoms with van der Waals surface area (Å²) in [7, 11) is -3.68. The highest BCUT2D eigenvalue weighted by molar-refractivity contribution is 7.89.